The second-order valence-electron chi connectivity index (χ2n) is 5.54. The number of nitrogens with one attached hydrogen (secondary N) is 1. The van der Waals surface area contributed by atoms with E-state index in [-0.39, 0.29) is 18.2 Å². The summed E-state index contributed by atoms with van der Waals surface area (Å²) < 4.78 is 0. The van der Waals surface area contributed by atoms with Crippen LogP contribution in [0.25, 0.3) is 10.9 Å². The van der Waals surface area contributed by atoms with E-state index in [0.29, 0.717) is 5.56 Å². The topological polar surface area (TPSA) is 42.0 Å². The molecule has 0 atom stereocenters. The van der Waals surface area contributed by atoms with E-state index in [1.165, 1.54) is 0 Å². The molecular weight excluding hydrogens is 308 g/mol. The second-order valence-corrected chi connectivity index (χ2v) is 5.54. The average molecular weight is 326 g/mol. The predicted molar refractivity (Wildman–Crippen MR) is 90.9 cm³/mol. The molecule has 1 heterocycles. The molecule has 0 unspecified atom stereocenters. The van der Waals surface area contributed by atoms with E-state index in [0.717, 1.165) is 33.5 Å². The van der Waals surface area contributed by atoms with Crippen molar-refractivity contribution < 1.29 is 17.2 Å². The molecule has 0 bridgehead atoms. The van der Waals surface area contributed by atoms with Gasteiger partial charge in [0.1, 0.15) is 0 Å². The number of carbonyl (C=O) groups is 1. The number of aromatic nitrogens is 1. The summed E-state index contributed by atoms with van der Waals surface area (Å²) in [7, 11) is 0. The molecule has 0 aliphatic carbocycles. The zero-order chi connectivity index (χ0) is 15.7. The second kappa shape index (κ2) is 6.80. The number of Topliss-reactive ketones (excluding diaryl/α,β-unsaturated/α-hetero) is 1. The van der Waals surface area contributed by atoms with Crippen LogP contribution in [0.3, 0.4) is 0 Å². The highest BCUT2D eigenvalue weighted by molar-refractivity contribution is 5.97. The zero-order valence-corrected chi connectivity index (χ0v) is 14.1. The number of para-hydroxylation sites is 1. The molecule has 23 heavy (non-hydrogen) atoms. The summed E-state index contributed by atoms with van der Waals surface area (Å²) in [6.07, 6.45) is 0. The van der Waals surface area contributed by atoms with Crippen LogP contribution in [0.15, 0.2) is 48.5 Å². The number of nitrogens with zero attached hydrogens (tertiary/aromatic N) is 1. The molecular formula is C19H18ClN2O-. The maximum Gasteiger partial charge on any atom is 0.159 e. The van der Waals surface area contributed by atoms with Gasteiger partial charge in [0.15, 0.2) is 5.78 Å². The highest BCUT2D eigenvalue weighted by Crippen LogP contribution is 2.28. The van der Waals surface area contributed by atoms with Crippen molar-refractivity contribution in [3.8, 4) is 0 Å². The molecule has 0 saturated heterocycles. The van der Waals surface area contributed by atoms with Crippen molar-refractivity contribution >= 4 is 28.1 Å². The molecule has 4 heteroatoms. The van der Waals surface area contributed by atoms with Gasteiger partial charge in [0.2, 0.25) is 0 Å². The first kappa shape index (κ1) is 17.0. The van der Waals surface area contributed by atoms with E-state index in [1.807, 2.05) is 43.3 Å². The quantitative estimate of drug-likeness (QED) is 0.747. The predicted octanol–water partition coefficient (Wildman–Crippen LogP) is 1.80. The van der Waals surface area contributed by atoms with E-state index < -0.39 is 0 Å². The van der Waals surface area contributed by atoms with Crippen molar-refractivity contribution in [2.75, 3.05) is 5.32 Å². The molecule has 0 saturated carbocycles. The number of halogens is 1. The van der Waals surface area contributed by atoms with Gasteiger partial charge in [-0.1, -0.05) is 30.3 Å². The molecule has 1 aromatic heterocycles. The third kappa shape index (κ3) is 3.51. The van der Waals surface area contributed by atoms with Gasteiger partial charge in [-0.05, 0) is 44.5 Å². The summed E-state index contributed by atoms with van der Waals surface area (Å²) in [5.74, 6) is 0.0651. The van der Waals surface area contributed by atoms with Crippen molar-refractivity contribution in [2.24, 2.45) is 0 Å². The number of hydrogen-bond acceptors (Lipinski definition) is 3. The third-order valence-corrected chi connectivity index (χ3v) is 3.72. The summed E-state index contributed by atoms with van der Waals surface area (Å²) in [6, 6.07) is 15.7. The number of ketones is 1. The van der Waals surface area contributed by atoms with Crippen LogP contribution in [0.4, 0.5) is 11.4 Å². The van der Waals surface area contributed by atoms with Crippen molar-refractivity contribution in [1.29, 1.82) is 0 Å². The molecule has 3 rings (SSSR count). The highest BCUT2D eigenvalue weighted by Gasteiger charge is 2.07. The van der Waals surface area contributed by atoms with Gasteiger partial charge in [0.25, 0.3) is 0 Å². The third-order valence-electron chi connectivity index (χ3n) is 3.72. The minimum absolute atomic E-state index is 0. The molecule has 0 fully saturated rings. The molecule has 3 nitrogen and oxygen atoms in total. The molecule has 1 N–H and O–H groups in total. The minimum atomic E-state index is 0. The Hall–Kier alpha value is -2.39. The first-order valence-corrected chi connectivity index (χ1v) is 7.29. The number of pyridine rings is 1. The largest absolute Gasteiger partial charge is 1.00 e. The Balaban J connectivity index is 0.00000192. The smallest absolute Gasteiger partial charge is 0.159 e. The lowest BCUT2D eigenvalue weighted by atomic mass is 10.1. The molecule has 0 aliphatic rings. The van der Waals surface area contributed by atoms with E-state index in [4.69, 9.17) is 0 Å². The van der Waals surface area contributed by atoms with Crippen molar-refractivity contribution in [2.45, 2.75) is 20.8 Å². The first-order chi connectivity index (χ1) is 10.5. The maximum absolute atomic E-state index is 11.5. The molecule has 3 aromatic rings. The van der Waals surface area contributed by atoms with E-state index in [9.17, 15) is 4.79 Å². The molecule has 2 aromatic carbocycles. The lowest BCUT2D eigenvalue weighted by molar-refractivity contribution is -0.0000126. The Morgan fingerprint density at radius 2 is 1.78 bits per heavy atom. The summed E-state index contributed by atoms with van der Waals surface area (Å²) in [6.45, 7) is 5.63. The molecule has 0 aliphatic heterocycles. The van der Waals surface area contributed by atoms with Crippen LogP contribution < -0.4 is 17.7 Å². The summed E-state index contributed by atoms with van der Waals surface area (Å²) in [4.78, 5) is 16.2. The molecule has 118 valence electrons. The highest BCUT2D eigenvalue weighted by atomic mass is 35.5. The fourth-order valence-corrected chi connectivity index (χ4v) is 2.59. The van der Waals surface area contributed by atoms with Crippen LogP contribution in [-0.4, -0.2) is 10.8 Å². The van der Waals surface area contributed by atoms with Crippen LogP contribution in [0.2, 0.25) is 0 Å². The summed E-state index contributed by atoms with van der Waals surface area (Å²) >= 11 is 0. The SMILES string of the molecule is CC(=O)c1cccc(Nc2cc(C)nc3c(C)cccc23)c1.[Cl-]. The fraction of sp³-hybridized carbons (Fsp3) is 0.158. The lowest BCUT2D eigenvalue weighted by Crippen LogP contribution is -3.00. The fourth-order valence-electron chi connectivity index (χ4n) is 2.59. The Bertz CT molecular complexity index is 874. The number of aryl methyl sites for hydroxylation is 2. The van der Waals surface area contributed by atoms with Gasteiger partial charge >= 0.3 is 0 Å². The number of carbonyl (C=O) groups excluding carboxylic acids is 1. The van der Waals surface area contributed by atoms with Crippen LogP contribution in [-0.2, 0) is 0 Å². The van der Waals surface area contributed by atoms with Gasteiger partial charge in [-0.3, -0.25) is 9.78 Å². The standard InChI is InChI=1S/C19H18N2O.ClH/c1-12-6-4-9-17-18(10-13(2)20-19(12)17)21-16-8-5-7-15(11-16)14(3)22;/h4-11H,1-3H3,(H,20,21);1H/p-1. The number of anilines is 2. The van der Waals surface area contributed by atoms with Crippen LogP contribution in [0.5, 0.6) is 0 Å². The van der Waals surface area contributed by atoms with E-state index in [2.05, 4.69) is 29.4 Å². The van der Waals surface area contributed by atoms with E-state index >= 15 is 0 Å². The molecule has 0 amide bonds. The summed E-state index contributed by atoms with van der Waals surface area (Å²) in [5.41, 5.74) is 5.74. The lowest BCUT2D eigenvalue weighted by Gasteiger charge is -2.12. The van der Waals surface area contributed by atoms with Gasteiger partial charge < -0.3 is 17.7 Å². The number of benzene rings is 2. The Morgan fingerprint density at radius 3 is 2.52 bits per heavy atom. The monoisotopic (exact) mass is 325 g/mol. The average Bonchev–Trinajstić information content (AvgIpc) is 2.48. The molecule has 0 spiro atoms. The van der Waals surface area contributed by atoms with Gasteiger partial charge in [0, 0.05) is 28.0 Å². The number of hydrogen-bond donors (Lipinski definition) is 1. The summed E-state index contributed by atoms with van der Waals surface area (Å²) in [5, 5.41) is 4.50. The van der Waals surface area contributed by atoms with Gasteiger partial charge in [0.05, 0.1) is 5.52 Å². The zero-order valence-electron chi connectivity index (χ0n) is 13.4. The van der Waals surface area contributed by atoms with Crippen LogP contribution in [0, 0.1) is 13.8 Å². The maximum atomic E-state index is 11.5. The Labute approximate surface area is 142 Å². The van der Waals surface area contributed by atoms with Crippen LogP contribution in [0.1, 0.15) is 28.5 Å². The normalized spacial score (nSPS) is 10.2. The Morgan fingerprint density at radius 1 is 1.04 bits per heavy atom. The number of fused-ring (bicyclic) bond motifs is 1. The van der Waals surface area contributed by atoms with Crippen molar-refractivity contribution in [3.63, 3.8) is 0 Å². The van der Waals surface area contributed by atoms with Crippen LogP contribution >= 0.6 is 0 Å². The first-order valence-electron chi connectivity index (χ1n) is 7.29. The van der Waals surface area contributed by atoms with Crippen molar-refractivity contribution in [1.82, 2.24) is 4.98 Å². The van der Waals surface area contributed by atoms with Gasteiger partial charge in [-0.15, -0.1) is 0 Å². The van der Waals surface area contributed by atoms with E-state index in [1.54, 1.807) is 6.92 Å². The van der Waals surface area contributed by atoms with Gasteiger partial charge in [-0.25, -0.2) is 0 Å². The number of rotatable bonds is 3. The minimum Gasteiger partial charge on any atom is -1.00 e. The Kier molecular flexibility index (Phi) is 5.02. The molecule has 0 radical (unpaired) electrons. The van der Waals surface area contributed by atoms with Crippen molar-refractivity contribution in [3.05, 3.63) is 65.4 Å². The van der Waals surface area contributed by atoms with Gasteiger partial charge in [-0.2, -0.15) is 0 Å².